The van der Waals surface area contributed by atoms with E-state index < -0.39 is 5.82 Å². The van der Waals surface area contributed by atoms with Crippen LogP contribution >= 0.6 is 11.6 Å². The Kier molecular flexibility index (Phi) is 6.19. The van der Waals surface area contributed by atoms with E-state index in [1.165, 1.54) is 44.2 Å². The number of aryl methyl sites for hydroxylation is 1. The van der Waals surface area contributed by atoms with E-state index in [0.29, 0.717) is 11.4 Å². The molecule has 0 aliphatic heterocycles. The van der Waals surface area contributed by atoms with Crippen molar-refractivity contribution in [1.82, 2.24) is 9.97 Å². The number of hydrogen-bond acceptors (Lipinski definition) is 2. The van der Waals surface area contributed by atoms with Crippen molar-refractivity contribution in [1.29, 1.82) is 0 Å². The van der Waals surface area contributed by atoms with Gasteiger partial charge in [0.1, 0.15) is 5.82 Å². The van der Waals surface area contributed by atoms with Crippen LogP contribution in [-0.4, -0.2) is 9.97 Å². The predicted octanol–water partition coefficient (Wildman–Crippen LogP) is 6.25. The average Bonchev–Trinajstić information content (AvgIpc) is 2.64. The summed E-state index contributed by atoms with van der Waals surface area (Å²) in [7, 11) is 0. The first-order valence-electron chi connectivity index (χ1n) is 9.05. The molecule has 0 unspecified atom stereocenters. The minimum atomic E-state index is -0.444. The van der Waals surface area contributed by atoms with Crippen LogP contribution in [0.25, 0.3) is 11.4 Å². The fourth-order valence-electron chi connectivity index (χ4n) is 3.58. The molecule has 0 amide bonds. The molecule has 0 radical (unpaired) electrons. The molecule has 4 heteroatoms. The first-order valence-corrected chi connectivity index (χ1v) is 9.42. The minimum absolute atomic E-state index is 0.115. The Morgan fingerprint density at radius 2 is 1.88 bits per heavy atom. The number of rotatable bonds is 5. The number of allylic oxidation sites excluding steroid dienone is 2. The molecular weight excluding hydrogens is 335 g/mol. The van der Waals surface area contributed by atoms with Crippen LogP contribution < -0.4 is 0 Å². The van der Waals surface area contributed by atoms with E-state index in [1.54, 1.807) is 6.07 Å². The number of hydrogen-bond donors (Lipinski definition) is 0. The van der Waals surface area contributed by atoms with E-state index in [-0.39, 0.29) is 5.02 Å². The summed E-state index contributed by atoms with van der Waals surface area (Å²) in [6, 6.07) is 4.65. The lowest BCUT2D eigenvalue weighted by Crippen LogP contribution is -2.13. The lowest BCUT2D eigenvalue weighted by Gasteiger charge is -2.26. The third-order valence-electron chi connectivity index (χ3n) is 5.08. The highest BCUT2D eigenvalue weighted by atomic mass is 35.5. The summed E-state index contributed by atoms with van der Waals surface area (Å²) in [5, 5.41) is 0.115. The van der Waals surface area contributed by atoms with Crippen LogP contribution in [0.15, 0.2) is 42.7 Å². The van der Waals surface area contributed by atoms with E-state index in [4.69, 9.17) is 11.6 Å². The van der Waals surface area contributed by atoms with Gasteiger partial charge in [0.25, 0.3) is 0 Å². The molecule has 1 aromatic heterocycles. The number of halogens is 2. The standard InChI is InChI=1S/C21H24ClFN2/c1-2-3-15-4-6-16(7-5-15)8-9-17-13-24-21(25-14-17)18-10-11-19(22)20(23)12-18/h2-3,10-16H,4-9H2,1H3/b3-2+. The highest BCUT2D eigenvalue weighted by molar-refractivity contribution is 6.30. The van der Waals surface area contributed by atoms with Gasteiger partial charge in [0.2, 0.25) is 0 Å². The van der Waals surface area contributed by atoms with Gasteiger partial charge in [-0.15, -0.1) is 0 Å². The monoisotopic (exact) mass is 358 g/mol. The molecule has 2 aromatic rings. The maximum Gasteiger partial charge on any atom is 0.159 e. The van der Waals surface area contributed by atoms with Gasteiger partial charge < -0.3 is 0 Å². The Hall–Kier alpha value is -1.74. The Morgan fingerprint density at radius 3 is 2.52 bits per heavy atom. The van der Waals surface area contributed by atoms with Crippen molar-refractivity contribution in [3.8, 4) is 11.4 Å². The second kappa shape index (κ2) is 8.57. The van der Waals surface area contributed by atoms with Crippen molar-refractivity contribution in [2.45, 2.75) is 45.4 Å². The highest BCUT2D eigenvalue weighted by Gasteiger charge is 2.19. The minimum Gasteiger partial charge on any atom is -0.236 e. The summed E-state index contributed by atoms with van der Waals surface area (Å²) < 4.78 is 13.6. The van der Waals surface area contributed by atoms with Gasteiger partial charge in [0.05, 0.1) is 5.02 Å². The van der Waals surface area contributed by atoms with Crippen LogP contribution in [0.2, 0.25) is 5.02 Å². The van der Waals surface area contributed by atoms with Gasteiger partial charge in [-0.2, -0.15) is 0 Å². The summed E-state index contributed by atoms with van der Waals surface area (Å²) in [5.41, 5.74) is 1.80. The van der Waals surface area contributed by atoms with Crippen molar-refractivity contribution in [3.05, 3.63) is 59.1 Å². The van der Waals surface area contributed by atoms with Gasteiger partial charge in [-0.1, -0.05) is 23.8 Å². The summed E-state index contributed by atoms with van der Waals surface area (Å²) >= 11 is 5.72. The maximum absolute atomic E-state index is 13.6. The molecule has 0 spiro atoms. The Bertz CT molecular complexity index is 719. The van der Waals surface area contributed by atoms with E-state index in [2.05, 4.69) is 29.0 Å². The zero-order valence-corrected chi connectivity index (χ0v) is 15.3. The topological polar surface area (TPSA) is 25.8 Å². The molecule has 1 heterocycles. The SMILES string of the molecule is C/C=C/C1CCC(CCc2cnc(-c3ccc(Cl)c(F)c3)nc2)CC1. The van der Waals surface area contributed by atoms with Crippen molar-refractivity contribution in [2.75, 3.05) is 0 Å². The van der Waals surface area contributed by atoms with Gasteiger partial charge in [-0.25, -0.2) is 14.4 Å². The summed E-state index contributed by atoms with van der Waals surface area (Å²) in [5.74, 6) is 1.68. The molecule has 25 heavy (non-hydrogen) atoms. The first-order chi connectivity index (χ1) is 12.2. The highest BCUT2D eigenvalue weighted by Crippen LogP contribution is 2.32. The van der Waals surface area contributed by atoms with Crippen molar-refractivity contribution < 1.29 is 4.39 Å². The second-order valence-corrected chi connectivity index (χ2v) is 7.30. The molecule has 1 saturated carbocycles. The molecule has 1 fully saturated rings. The zero-order chi connectivity index (χ0) is 17.6. The molecule has 0 saturated heterocycles. The largest absolute Gasteiger partial charge is 0.236 e. The Balaban J connectivity index is 1.54. The lowest BCUT2D eigenvalue weighted by molar-refractivity contribution is 0.296. The van der Waals surface area contributed by atoms with E-state index in [9.17, 15) is 4.39 Å². The van der Waals surface area contributed by atoms with Crippen LogP contribution in [0.3, 0.4) is 0 Å². The second-order valence-electron chi connectivity index (χ2n) is 6.89. The molecule has 3 rings (SSSR count). The fraction of sp³-hybridized carbons (Fsp3) is 0.429. The smallest absolute Gasteiger partial charge is 0.159 e. The van der Waals surface area contributed by atoms with Crippen molar-refractivity contribution in [2.24, 2.45) is 11.8 Å². The van der Waals surface area contributed by atoms with Crippen LogP contribution in [0, 0.1) is 17.7 Å². The number of benzene rings is 1. The summed E-state index contributed by atoms with van der Waals surface area (Å²) in [6.45, 7) is 2.11. The van der Waals surface area contributed by atoms with Crippen molar-refractivity contribution in [3.63, 3.8) is 0 Å². The quantitative estimate of drug-likeness (QED) is 0.590. The van der Waals surface area contributed by atoms with Crippen molar-refractivity contribution >= 4 is 11.6 Å². The zero-order valence-electron chi connectivity index (χ0n) is 14.6. The molecule has 2 nitrogen and oxygen atoms in total. The maximum atomic E-state index is 13.6. The normalized spacial score (nSPS) is 20.9. The molecule has 1 aromatic carbocycles. The average molecular weight is 359 g/mol. The van der Waals surface area contributed by atoms with E-state index in [1.807, 2.05) is 12.4 Å². The van der Waals surface area contributed by atoms with Crippen LogP contribution in [0.5, 0.6) is 0 Å². The summed E-state index contributed by atoms with van der Waals surface area (Å²) in [6.07, 6.45) is 15.7. The van der Waals surface area contributed by atoms with Gasteiger partial charge in [-0.3, -0.25) is 0 Å². The van der Waals surface area contributed by atoms with Crippen LogP contribution in [0.1, 0.15) is 44.6 Å². The molecule has 0 bridgehead atoms. The molecule has 0 N–H and O–H groups in total. The molecular formula is C21H24ClFN2. The van der Waals surface area contributed by atoms with Gasteiger partial charge in [-0.05, 0) is 81.0 Å². The Morgan fingerprint density at radius 1 is 1.16 bits per heavy atom. The van der Waals surface area contributed by atoms with Crippen LogP contribution in [0.4, 0.5) is 4.39 Å². The van der Waals surface area contributed by atoms with E-state index in [0.717, 1.165) is 23.8 Å². The lowest BCUT2D eigenvalue weighted by atomic mass is 9.79. The third-order valence-corrected chi connectivity index (χ3v) is 5.39. The molecule has 1 aliphatic rings. The van der Waals surface area contributed by atoms with Gasteiger partial charge >= 0.3 is 0 Å². The van der Waals surface area contributed by atoms with Gasteiger partial charge in [0, 0.05) is 18.0 Å². The molecule has 0 atom stereocenters. The summed E-state index contributed by atoms with van der Waals surface area (Å²) in [4.78, 5) is 8.78. The fourth-order valence-corrected chi connectivity index (χ4v) is 3.70. The van der Waals surface area contributed by atoms with Gasteiger partial charge in [0.15, 0.2) is 5.82 Å². The molecule has 132 valence electrons. The predicted molar refractivity (Wildman–Crippen MR) is 101 cm³/mol. The number of nitrogens with zero attached hydrogens (tertiary/aromatic N) is 2. The van der Waals surface area contributed by atoms with E-state index >= 15 is 0 Å². The van der Waals surface area contributed by atoms with Crippen LogP contribution in [-0.2, 0) is 6.42 Å². The third kappa shape index (κ3) is 4.88. The molecule has 1 aliphatic carbocycles. The Labute approximate surface area is 154 Å². The first kappa shape index (κ1) is 18.1. The number of aromatic nitrogens is 2.